The van der Waals surface area contributed by atoms with Crippen molar-refractivity contribution in [3.63, 3.8) is 0 Å². The van der Waals surface area contributed by atoms with E-state index < -0.39 is 5.97 Å². The van der Waals surface area contributed by atoms with Gasteiger partial charge in [0, 0.05) is 6.54 Å². The van der Waals surface area contributed by atoms with Crippen LogP contribution in [0, 0.1) is 0 Å². The highest BCUT2D eigenvalue weighted by atomic mass is 16.5. The molecule has 1 aromatic rings. The van der Waals surface area contributed by atoms with Crippen LogP contribution in [0.4, 0.5) is 0 Å². The Bertz CT molecular complexity index is 337. The molecule has 0 spiro atoms. The average molecular weight is 226 g/mol. The number of esters is 1. The van der Waals surface area contributed by atoms with Gasteiger partial charge in [0.05, 0.1) is 18.8 Å². The lowest BCUT2D eigenvalue weighted by Crippen LogP contribution is -2.15. The number of nitrogens with two attached hydrogens (primary N) is 1. The van der Waals surface area contributed by atoms with Crippen molar-refractivity contribution in [2.75, 3.05) is 6.54 Å². The Kier molecular flexibility index (Phi) is 4.91. The maximum absolute atomic E-state index is 11.6. The second kappa shape index (κ2) is 6.22. The number of rotatable bonds is 6. The van der Waals surface area contributed by atoms with E-state index in [1.54, 1.807) is 6.20 Å². The number of carbonyl (C=O) groups excluding carboxylic acids is 1. The molecule has 1 heterocycles. The van der Waals surface area contributed by atoms with E-state index >= 15 is 0 Å². The van der Waals surface area contributed by atoms with Crippen LogP contribution in [0.1, 0.15) is 37.2 Å². The number of hydrogen-bond donors (Lipinski definition) is 1. The van der Waals surface area contributed by atoms with Gasteiger partial charge < -0.3 is 10.5 Å². The zero-order valence-corrected chi connectivity index (χ0v) is 9.72. The van der Waals surface area contributed by atoms with Gasteiger partial charge in [-0.05, 0) is 13.3 Å². The molecule has 6 nitrogen and oxygen atoms in total. The van der Waals surface area contributed by atoms with E-state index in [1.807, 2.05) is 13.8 Å². The van der Waals surface area contributed by atoms with Crippen LogP contribution in [0.25, 0.3) is 0 Å². The molecule has 2 N–H and O–H groups in total. The smallest absolute Gasteiger partial charge is 0.360 e. The molecule has 1 aromatic heterocycles. The van der Waals surface area contributed by atoms with Gasteiger partial charge in [0.1, 0.15) is 0 Å². The lowest BCUT2D eigenvalue weighted by Gasteiger charge is -2.09. The first-order valence-electron chi connectivity index (χ1n) is 5.48. The van der Waals surface area contributed by atoms with E-state index in [-0.39, 0.29) is 11.8 Å². The first kappa shape index (κ1) is 12.6. The van der Waals surface area contributed by atoms with Crippen molar-refractivity contribution in [2.45, 2.75) is 39.3 Å². The number of aromatic nitrogens is 3. The van der Waals surface area contributed by atoms with Gasteiger partial charge in [-0.15, -0.1) is 5.10 Å². The van der Waals surface area contributed by atoms with Crippen molar-refractivity contribution < 1.29 is 9.53 Å². The molecular formula is C10H18N4O2. The second-order valence-electron chi connectivity index (χ2n) is 3.66. The molecule has 1 unspecified atom stereocenters. The van der Waals surface area contributed by atoms with Crippen LogP contribution in [-0.2, 0) is 11.3 Å². The summed E-state index contributed by atoms with van der Waals surface area (Å²) < 4.78 is 6.71. The molecule has 0 saturated carbocycles. The van der Waals surface area contributed by atoms with Crippen molar-refractivity contribution in [1.82, 2.24) is 15.0 Å². The van der Waals surface area contributed by atoms with Crippen LogP contribution in [0.3, 0.4) is 0 Å². The van der Waals surface area contributed by atoms with Gasteiger partial charge in [0.25, 0.3) is 0 Å². The molecule has 0 aliphatic carbocycles. The first-order valence-corrected chi connectivity index (χ1v) is 5.48. The summed E-state index contributed by atoms with van der Waals surface area (Å²) in [6.45, 7) is 4.92. The molecular weight excluding hydrogens is 208 g/mol. The Balaban J connectivity index is 2.52. The van der Waals surface area contributed by atoms with E-state index in [1.165, 1.54) is 4.68 Å². The summed E-state index contributed by atoms with van der Waals surface area (Å²) in [5.41, 5.74) is 5.59. The molecule has 0 fully saturated rings. The fourth-order valence-corrected chi connectivity index (χ4v) is 1.34. The molecule has 90 valence electrons. The van der Waals surface area contributed by atoms with Gasteiger partial charge in [0.15, 0.2) is 5.69 Å². The summed E-state index contributed by atoms with van der Waals surface area (Å²) in [5.74, 6) is -0.427. The van der Waals surface area contributed by atoms with Gasteiger partial charge in [-0.3, -0.25) is 4.68 Å². The second-order valence-corrected chi connectivity index (χ2v) is 3.66. The van der Waals surface area contributed by atoms with Crippen molar-refractivity contribution in [3.8, 4) is 0 Å². The Labute approximate surface area is 94.8 Å². The minimum atomic E-state index is -0.427. The maximum Gasteiger partial charge on any atom is 0.360 e. The van der Waals surface area contributed by atoms with Crippen molar-refractivity contribution in [1.29, 1.82) is 0 Å². The van der Waals surface area contributed by atoms with E-state index in [4.69, 9.17) is 10.5 Å². The quantitative estimate of drug-likeness (QED) is 0.717. The molecule has 1 atom stereocenters. The predicted molar refractivity (Wildman–Crippen MR) is 58.9 cm³/mol. The first-order chi connectivity index (χ1) is 7.67. The molecule has 0 saturated heterocycles. The lowest BCUT2D eigenvalue weighted by atomic mass is 10.2. The number of ether oxygens (including phenoxy) is 1. The van der Waals surface area contributed by atoms with E-state index in [2.05, 4.69) is 10.3 Å². The molecule has 0 aliphatic heterocycles. The normalized spacial score (nSPS) is 12.4. The van der Waals surface area contributed by atoms with Gasteiger partial charge >= 0.3 is 5.97 Å². The van der Waals surface area contributed by atoms with Crippen LogP contribution < -0.4 is 5.73 Å². The molecule has 16 heavy (non-hydrogen) atoms. The summed E-state index contributed by atoms with van der Waals surface area (Å²) in [6.07, 6.45) is 3.29. The highest BCUT2D eigenvalue weighted by Crippen LogP contribution is 2.05. The Morgan fingerprint density at radius 1 is 1.69 bits per heavy atom. The fraction of sp³-hybridized carbons (Fsp3) is 0.700. The highest BCUT2D eigenvalue weighted by molar-refractivity contribution is 5.86. The standard InChI is InChI=1S/C10H18N4O2/c1-3-4-8(2)16-10(15)9-7-14(6-5-11)13-12-9/h7-8H,3-6,11H2,1-2H3. The SMILES string of the molecule is CCCC(C)OC(=O)c1cn(CCN)nn1. The Morgan fingerprint density at radius 2 is 2.44 bits per heavy atom. The number of hydrogen-bond acceptors (Lipinski definition) is 5. The van der Waals surface area contributed by atoms with E-state index in [0.717, 1.165) is 12.8 Å². The Hall–Kier alpha value is -1.43. The molecule has 1 rings (SSSR count). The Morgan fingerprint density at radius 3 is 3.06 bits per heavy atom. The van der Waals surface area contributed by atoms with Crippen LogP contribution >= 0.6 is 0 Å². The predicted octanol–water partition coefficient (Wildman–Crippen LogP) is 0.582. The van der Waals surface area contributed by atoms with Gasteiger partial charge in [-0.2, -0.15) is 0 Å². The summed E-state index contributed by atoms with van der Waals surface area (Å²) in [4.78, 5) is 11.6. The zero-order chi connectivity index (χ0) is 12.0. The van der Waals surface area contributed by atoms with Crippen molar-refractivity contribution in [2.24, 2.45) is 5.73 Å². The monoisotopic (exact) mass is 226 g/mol. The summed E-state index contributed by atoms with van der Waals surface area (Å²) >= 11 is 0. The van der Waals surface area contributed by atoms with E-state index in [9.17, 15) is 4.79 Å². The average Bonchev–Trinajstić information content (AvgIpc) is 2.67. The molecule has 0 amide bonds. The summed E-state index contributed by atoms with van der Waals surface area (Å²) in [7, 11) is 0. The highest BCUT2D eigenvalue weighted by Gasteiger charge is 2.15. The molecule has 6 heteroatoms. The van der Waals surface area contributed by atoms with Gasteiger partial charge in [-0.25, -0.2) is 4.79 Å². The zero-order valence-electron chi connectivity index (χ0n) is 9.72. The molecule has 0 aromatic carbocycles. The maximum atomic E-state index is 11.6. The summed E-state index contributed by atoms with van der Waals surface area (Å²) in [5, 5.41) is 7.50. The topological polar surface area (TPSA) is 83.0 Å². The van der Waals surface area contributed by atoms with Crippen LogP contribution in [0.2, 0.25) is 0 Å². The minimum absolute atomic E-state index is 0.0860. The third-order valence-electron chi connectivity index (χ3n) is 2.11. The molecule has 0 aliphatic rings. The van der Waals surface area contributed by atoms with Crippen LogP contribution in [0.15, 0.2) is 6.20 Å². The van der Waals surface area contributed by atoms with Gasteiger partial charge in [-0.1, -0.05) is 18.6 Å². The summed E-state index contributed by atoms with van der Waals surface area (Å²) in [6, 6.07) is 0. The van der Waals surface area contributed by atoms with Crippen LogP contribution in [-0.4, -0.2) is 33.6 Å². The van der Waals surface area contributed by atoms with Gasteiger partial charge in [0.2, 0.25) is 0 Å². The number of carbonyl (C=O) groups is 1. The van der Waals surface area contributed by atoms with Crippen molar-refractivity contribution in [3.05, 3.63) is 11.9 Å². The molecule has 0 radical (unpaired) electrons. The number of nitrogens with zero attached hydrogens (tertiary/aromatic N) is 3. The molecule has 0 bridgehead atoms. The van der Waals surface area contributed by atoms with Crippen LogP contribution in [0.5, 0.6) is 0 Å². The third kappa shape index (κ3) is 3.62. The minimum Gasteiger partial charge on any atom is -0.458 e. The largest absolute Gasteiger partial charge is 0.458 e. The fourth-order valence-electron chi connectivity index (χ4n) is 1.34. The van der Waals surface area contributed by atoms with Crippen molar-refractivity contribution >= 4 is 5.97 Å². The van der Waals surface area contributed by atoms with E-state index in [0.29, 0.717) is 13.1 Å². The third-order valence-corrected chi connectivity index (χ3v) is 2.11. The lowest BCUT2D eigenvalue weighted by molar-refractivity contribution is 0.0316.